The quantitative estimate of drug-likeness (QED) is 0.606. The van der Waals surface area contributed by atoms with Crippen molar-refractivity contribution in [3.8, 4) is 0 Å². The average molecular weight is 356 g/mol. The van der Waals surface area contributed by atoms with Gasteiger partial charge in [0.05, 0.1) is 6.61 Å². The molecule has 0 amide bonds. The van der Waals surface area contributed by atoms with Gasteiger partial charge in [0.1, 0.15) is 17.6 Å². The van der Waals surface area contributed by atoms with Crippen LogP contribution < -0.4 is 0 Å². The molecule has 3 rings (SSSR count). The molecule has 0 heterocycles. The van der Waals surface area contributed by atoms with Crippen molar-refractivity contribution in [1.82, 2.24) is 0 Å². The fraction of sp³-hybridized carbons (Fsp3) is 0.238. The van der Waals surface area contributed by atoms with Crippen LogP contribution in [0.4, 0.5) is 8.78 Å². The summed E-state index contributed by atoms with van der Waals surface area (Å²) in [6, 6.07) is 11.7. The van der Waals surface area contributed by atoms with Crippen LogP contribution in [0.1, 0.15) is 30.4 Å². The lowest BCUT2D eigenvalue weighted by atomic mass is 9.73. The van der Waals surface area contributed by atoms with Crippen molar-refractivity contribution in [1.29, 1.82) is 0 Å². The number of ketones is 1. The molecule has 0 fully saturated rings. The third-order valence-electron chi connectivity index (χ3n) is 4.50. The molecule has 2 atom stereocenters. The van der Waals surface area contributed by atoms with Gasteiger partial charge in [-0.1, -0.05) is 24.3 Å². The van der Waals surface area contributed by atoms with Gasteiger partial charge in [-0.25, -0.2) is 8.78 Å². The lowest BCUT2D eigenvalue weighted by Crippen LogP contribution is -2.34. The number of ether oxygens (including phenoxy) is 1. The smallest absolute Gasteiger partial charge is 0.317 e. The minimum absolute atomic E-state index is 0.160. The van der Waals surface area contributed by atoms with E-state index in [2.05, 4.69) is 0 Å². The lowest BCUT2D eigenvalue weighted by molar-refractivity contribution is -0.151. The summed E-state index contributed by atoms with van der Waals surface area (Å²) >= 11 is 0. The van der Waals surface area contributed by atoms with Crippen molar-refractivity contribution < 1.29 is 23.1 Å². The molecule has 2 unspecified atom stereocenters. The van der Waals surface area contributed by atoms with E-state index in [1.807, 2.05) is 0 Å². The molecular weight excluding hydrogens is 338 g/mol. The molecule has 2 aromatic carbocycles. The largest absolute Gasteiger partial charge is 0.465 e. The van der Waals surface area contributed by atoms with Crippen LogP contribution in [0.2, 0.25) is 0 Å². The predicted molar refractivity (Wildman–Crippen MR) is 93.3 cm³/mol. The van der Waals surface area contributed by atoms with Crippen molar-refractivity contribution in [2.45, 2.75) is 19.3 Å². The average Bonchev–Trinajstić information content (AvgIpc) is 2.61. The number of rotatable bonds is 4. The summed E-state index contributed by atoms with van der Waals surface area (Å²) in [5, 5.41) is 0. The summed E-state index contributed by atoms with van der Waals surface area (Å²) in [6.45, 7) is 1.83. The monoisotopic (exact) mass is 356 g/mol. The molecule has 0 N–H and O–H groups in total. The van der Waals surface area contributed by atoms with E-state index < -0.39 is 23.6 Å². The highest BCUT2D eigenvalue weighted by Gasteiger charge is 2.39. The van der Waals surface area contributed by atoms with E-state index in [0.29, 0.717) is 23.1 Å². The third kappa shape index (κ3) is 3.72. The van der Waals surface area contributed by atoms with Gasteiger partial charge < -0.3 is 4.74 Å². The topological polar surface area (TPSA) is 43.4 Å². The third-order valence-corrected chi connectivity index (χ3v) is 4.50. The molecule has 0 radical (unpaired) electrons. The van der Waals surface area contributed by atoms with Gasteiger partial charge in [0, 0.05) is 5.92 Å². The van der Waals surface area contributed by atoms with E-state index in [4.69, 9.17) is 4.74 Å². The summed E-state index contributed by atoms with van der Waals surface area (Å²) in [6.07, 6.45) is 1.76. The van der Waals surface area contributed by atoms with Crippen molar-refractivity contribution in [3.05, 3.63) is 77.4 Å². The Kier molecular flexibility index (Phi) is 5.26. The number of carbonyl (C=O) groups is 2. The van der Waals surface area contributed by atoms with Crippen LogP contribution in [0, 0.1) is 17.6 Å². The van der Waals surface area contributed by atoms with Crippen molar-refractivity contribution >= 4 is 17.3 Å². The van der Waals surface area contributed by atoms with Crippen LogP contribution in [0.5, 0.6) is 0 Å². The second-order valence-electron chi connectivity index (χ2n) is 6.17. The Bertz CT molecular complexity index is 856. The normalized spacial score (nSPS) is 19.8. The number of carbonyl (C=O) groups excluding carboxylic acids is 2. The van der Waals surface area contributed by atoms with E-state index in [1.54, 1.807) is 31.2 Å². The first-order valence-corrected chi connectivity index (χ1v) is 8.42. The SMILES string of the molecule is CCOC(=O)C1C(=O)C=C(c2ccc(F)cc2)CC1c1cccc(F)c1. The first-order chi connectivity index (χ1) is 12.5. The van der Waals surface area contributed by atoms with Gasteiger partial charge in [0.25, 0.3) is 0 Å². The standard InChI is InChI=1S/C21H18F2O3/c1-2-26-21(25)20-18(14-4-3-5-17(23)10-14)11-15(12-19(20)24)13-6-8-16(22)9-7-13/h3-10,12,18,20H,2,11H2,1H3. The molecule has 26 heavy (non-hydrogen) atoms. The summed E-state index contributed by atoms with van der Waals surface area (Å²) in [5.74, 6) is -3.36. The predicted octanol–water partition coefficient (Wildman–Crippen LogP) is 4.28. The van der Waals surface area contributed by atoms with Gasteiger partial charge in [-0.05, 0) is 60.4 Å². The highest BCUT2D eigenvalue weighted by atomic mass is 19.1. The molecule has 1 aliphatic rings. The van der Waals surface area contributed by atoms with E-state index in [0.717, 1.165) is 0 Å². The lowest BCUT2D eigenvalue weighted by Gasteiger charge is -2.29. The van der Waals surface area contributed by atoms with Gasteiger partial charge in [0.15, 0.2) is 5.78 Å². The Morgan fingerprint density at radius 1 is 1.12 bits per heavy atom. The highest BCUT2D eigenvalue weighted by molar-refractivity contribution is 6.10. The zero-order valence-electron chi connectivity index (χ0n) is 14.2. The molecular formula is C21H18F2O3. The fourth-order valence-corrected chi connectivity index (χ4v) is 3.30. The van der Waals surface area contributed by atoms with Crippen molar-refractivity contribution in [2.24, 2.45) is 5.92 Å². The van der Waals surface area contributed by atoms with Gasteiger partial charge in [-0.2, -0.15) is 0 Å². The van der Waals surface area contributed by atoms with Gasteiger partial charge in [-0.3, -0.25) is 9.59 Å². The number of allylic oxidation sites excluding steroid dienone is 2. The maximum atomic E-state index is 13.7. The molecule has 3 nitrogen and oxygen atoms in total. The Morgan fingerprint density at radius 2 is 1.85 bits per heavy atom. The summed E-state index contributed by atoms with van der Waals surface area (Å²) in [4.78, 5) is 25.0. The van der Waals surface area contributed by atoms with E-state index >= 15 is 0 Å². The zero-order chi connectivity index (χ0) is 18.7. The molecule has 0 bridgehead atoms. The Hall–Kier alpha value is -2.82. The number of halogens is 2. The van der Waals surface area contributed by atoms with E-state index in [9.17, 15) is 18.4 Å². The number of hydrogen-bond donors (Lipinski definition) is 0. The minimum atomic E-state index is -1.01. The van der Waals surface area contributed by atoms with Crippen LogP contribution >= 0.6 is 0 Å². The van der Waals surface area contributed by atoms with Crippen LogP contribution in [0.25, 0.3) is 5.57 Å². The van der Waals surface area contributed by atoms with Crippen LogP contribution in [0.3, 0.4) is 0 Å². The molecule has 5 heteroatoms. The zero-order valence-corrected chi connectivity index (χ0v) is 14.2. The Morgan fingerprint density at radius 3 is 2.50 bits per heavy atom. The molecule has 134 valence electrons. The first kappa shape index (κ1) is 18.0. The van der Waals surface area contributed by atoms with Gasteiger partial charge in [0.2, 0.25) is 0 Å². The number of esters is 1. The molecule has 0 saturated heterocycles. The minimum Gasteiger partial charge on any atom is -0.465 e. The Labute approximate surface area is 150 Å². The van der Waals surface area contributed by atoms with Crippen LogP contribution in [-0.2, 0) is 14.3 Å². The van der Waals surface area contributed by atoms with Crippen molar-refractivity contribution in [3.63, 3.8) is 0 Å². The van der Waals surface area contributed by atoms with Gasteiger partial charge >= 0.3 is 5.97 Å². The fourth-order valence-electron chi connectivity index (χ4n) is 3.30. The molecule has 0 aromatic heterocycles. The molecule has 0 aliphatic heterocycles. The maximum absolute atomic E-state index is 13.7. The van der Waals surface area contributed by atoms with Crippen LogP contribution in [0.15, 0.2) is 54.6 Å². The van der Waals surface area contributed by atoms with E-state index in [-0.39, 0.29) is 18.2 Å². The molecule has 0 saturated carbocycles. The van der Waals surface area contributed by atoms with Gasteiger partial charge in [-0.15, -0.1) is 0 Å². The molecule has 0 spiro atoms. The summed E-state index contributed by atoms with van der Waals surface area (Å²) in [5.41, 5.74) is 1.94. The molecule has 1 aliphatic carbocycles. The summed E-state index contributed by atoms with van der Waals surface area (Å²) < 4.78 is 31.9. The number of benzene rings is 2. The Balaban J connectivity index is 2.02. The summed E-state index contributed by atoms with van der Waals surface area (Å²) in [7, 11) is 0. The second kappa shape index (κ2) is 7.60. The van der Waals surface area contributed by atoms with Crippen molar-refractivity contribution in [2.75, 3.05) is 6.61 Å². The van der Waals surface area contributed by atoms with Crippen LogP contribution in [-0.4, -0.2) is 18.4 Å². The second-order valence-corrected chi connectivity index (χ2v) is 6.17. The first-order valence-electron chi connectivity index (χ1n) is 8.42. The molecule has 2 aromatic rings. The van der Waals surface area contributed by atoms with E-state index in [1.165, 1.54) is 30.3 Å². The highest BCUT2D eigenvalue weighted by Crippen LogP contribution is 2.40. The maximum Gasteiger partial charge on any atom is 0.317 e. The number of hydrogen-bond acceptors (Lipinski definition) is 3.